The molecule has 0 nitrogen and oxygen atoms in total. The second-order valence-electron chi connectivity index (χ2n) is 9.38. The Hall–Kier alpha value is -1.37. The van der Waals surface area contributed by atoms with Gasteiger partial charge in [0.25, 0.3) is 0 Å². The normalized spacial score (nSPS) is 12.7. The van der Waals surface area contributed by atoms with Crippen molar-refractivity contribution < 1.29 is 0 Å². The second-order valence-corrected chi connectivity index (χ2v) is 15.1. The first kappa shape index (κ1) is 30.6. The van der Waals surface area contributed by atoms with E-state index in [1.165, 1.54) is 45.3 Å². The van der Waals surface area contributed by atoms with E-state index in [4.69, 9.17) is 0 Å². The SMILES string of the molecule is c1ccc(CSCC(CSCC(CSCc2ccccc2)SCc2ccccc2)SCc2ccccc2)cc1. The molecule has 0 aliphatic carbocycles. The molecule has 0 aromatic heterocycles. The van der Waals surface area contributed by atoms with E-state index < -0.39 is 0 Å². The van der Waals surface area contributed by atoms with E-state index in [-0.39, 0.29) is 0 Å². The van der Waals surface area contributed by atoms with Crippen molar-refractivity contribution in [1.29, 1.82) is 0 Å². The van der Waals surface area contributed by atoms with Crippen LogP contribution < -0.4 is 0 Å². The summed E-state index contributed by atoms with van der Waals surface area (Å²) in [4.78, 5) is 0. The van der Waals surface area contributed by atoms with Crippen LogP contribution in [0.5, 0.6) is 0 Å². The van der Waals surface area contributed by atoms with E-state index in [2.05, 4.69) is 180 Å². The lowest BCUT2D eigenvalue weighted by Gasteiger charge is -2.20. The fourth-order valence-electron chi connectivity index (χ4n) is 3.96. The average Bonchev–Trinajstić information content (AvgIpc) is 3.00. The lowest BCUT2D eigenvalue weighted by molar-refractivity contribution is 1.11. The monoisotopic (exact) mass is 606 g/mol. The molecule has 204 valence electrons. The molecular weight excluding hydrogens is 569 g/mol. The smallest absolute Gasteiger partial charge is 0.0232 e. The van der Waals surface area contributed by atoms with Crippen LogP contribution in [-0.4, -0.2) is 33.5 Å². The average molecular weight is 607 g/mol. The molecule has 0 fully saturated rings. The summed E-state index contributed by atoms with van der Waals surface area (Å²) < 4.78 is 0. The van der Waals surface area contributed by atoms with E-state index in [0.717, 1.165) is 23.0 Å². The summed E-state index contributed by atoms with van der Waals surface area (Å²) in [7, 11) is 0. The quantitative estimate of drug-likeness (QED) is 0.110. The Morgan fingerprint density at radius 1 is 0.333 bits per heavy atom. The lowest BCUT2D eigenvalue weighted by atomic mass is 10.2. The van der Waals surface area contributed by atoms with Crippen molar-refractivity contribution in [3.8, 4) is 0 Å². The Morgan fingerprint density at radius 3 is 0.949 bits per heavy atom. The zero-order valence-electron chi connectivity index (χ0n) is 22.4. The Labute approximate surface area is 257 Å². The van der Waals surface area contributed by atoms with Crippen LogP contribution in [0.25, 0.3) is 0 Å². The highest BCUT2D eigenvalue weighted by Gasteiger charge is 2.15. The van der Waals surface area contributed by atoms with Crippen molar-refractivity contribution in [3.05, 3.63) is 144 Å². The molecule has 0 amide bonds. The van der Waals surface area contributed by atoms with Crippen LogP contribution in [0.1, 0.15) is 22.3 Å². The molecule has 39 heavy (non-hydrogen) atoms. The highest BCUT2D eigenvalue weighted by atomic mass is 32.2. The zero-order chi connectivity index (χ0) is 26.8. The molecule has 4 aromatic rings. The highest BCUT2D eigenvalue weighted by Crippen LogP contribution is 2.30. The van der Waals surface area contributed by atoms with Crippen molar-refractivity contribution in [2.24, 2.45) is 0 Å². The van der Waals surface area contributed by atoms with Crippen LogP contribution in [0.3, 0.4) is 0 Å². The lowest BCUT2D eigenvalue weighted by Crippen LogP contribution is -2.15. The molecule has 0 saturated carbocycles. The summed E-state index contributed by atoms with van der Waals surface area (Å²) in [6.45, 7) is 0. The third-order valence-corrected chi connectivity index (χ3v) is 13.2. The third-order valence-electron chi connectivity index (χ3n) is 6.10. The predicted octanol–water partition coefficient (Wildman–Crippen LogP) is 10.2. The van der Waals surface area contributed by atoms with Gasteiger partial charge in [0.2, 0.25) is 0 Å². The van der Waals surface area contributed by atoms with Gasteiger partial charge in [-0.1, -0.05) is 121 Å². The Balaban J connectivity index is 1.28. The van der Waals surface area contributed by atoms with Gasteiger partial charge in [-0.25, -0.2) is 0 Å². The molecule has 0 saturated heterocycles. The van der Waals surface area contributed by atoms with Gasteiger partial charge < -0.3 is 0 Å². The minimum Gasteiger partial charge on any atom is -0.160 e. The fraction of sp³-hybridized carbons (Fsp3) is 0.294. The van der Waals surface area contributed by atoms with Crippen LogP contribution in [0.2, 0.25) is 0 Å². The molecule has 0 bridgehead atoms. The van der Waals surface area contributed by atoms with Gasteiger partial charge >= 0.3 is 0 Å². The number of rotatable bonds is 18. The minimum absolute atomic E-state index is 0.653. The third kappa shape index (κ3) is 12.8. The van der Waals surface area contributed by atoms with Gasteiger partial charge in [-0.2, -0.15) is 58.8 Å². The first-order chi connectivity index (χ1) is 19.3. The molecule has 0 aliphatic rings. The maximum absolute atomic E-state index is 2.26. The van der Waals surface area contributed by atoms with Crippen LogP contribution in [0.4, 0.5) is 0 Å². The number of hydrogen-bond donors (Lipinski definition) is 0. The highest BCUT2D eigenvalue weighted by molar-refractivity contribution is 8.06. The van der Waals surface area contributed by atoms with Crippen molar-refractivity contribution in [1.82, 2.24) is 0 Å². The van der Waals surface area contributed by atoms with E-state index in [1.54, 1.807) is 0 Å². The van der Waals surface area contributed by atoms with Gasteiger partial charge in [-0.05, 0) is 22.3 Å². The molecule has 4 rings (SSSR count). The van der Waals surface area contributed by atoms with Crippen LogP contribution in [0.15, 0.2) is 121 Å². The van der Waals surface area contributed by atoms with Crippen LogP contribution in [0, 0.1) is 0 Å². The molecule has 4 aromatic carbocycles. The first-order valence-electron chi connectivity index (χ1n) is 13.5. The van der Waals surface area contributed by atoms with Crippen molar-refractivity contribution in [2.45, 2.75) is 33.5 Å². The molecule has 0 spiro atoms. The molecule has 2 unspecified atom stereocenters. The molecule has 2 atom stereocenters. The number of hydrogen-bond acceptors (Lipinski definition) is 5. The molecule has 0 radical (unpaired) electrons. The van der Waals surface area contributed by atoms with Gasteiger partial charge in [0.15, 0.2) is 0 Å². The van der Waals surface area contributed by atoms with Gasteiger partial charge in [0.05, 0.1) is 0 Å². The Bertz CT molecular complexity index is 1050. The van der Waals surface area contributed by atoms with E-state index in [1.807, 2.05) is 0 Å². The number of thioether (sulfide) groups is 5. The summed E-state index contributed by atoms with van der Waals surface area (Å²) >= 11 is 10.6. The maximum Gasteiger partial charge on any atom is 0.0232 e. The number of benzene rings is 4. The topological polar surface area (TPSA) is 0 Å². The second kappa shape index (κ2) is 18.9. The van der Waals surface area contributed by atoms with Gasteiger partial charge in [-0.3, -0.25) is 0 Å². The molecule has 5 heteroatoms. The zero-order valence-corrected chi connectivity index (χ0v) is 26.5. The minimum atomic E-state index is 0.653. The van der Waals surface area contributed by atoms with Crippen molar-refractivity contribution in [3.63, 3.8) is 0 Å². The van der Waals surface area contributed by atoms with Crippen LogP contribution in [-0.2, 0) is 23.0 Å². The van der Waals surface area contributed by atoms with Crippen LogP contribution >= 0.6 is 58.8 Å². The largest absolute Gasteiger partial charge is 0.160 e. The summed E-state index contributed by atoms with van der Waals surface area (Å²) in [5, 5.41) is 1.31. The van der Waals surface area contributed by atoms with Gasteiger partial charge in [0.1, 0.15) is 0 Å². The molecule has 0 N–H and O–H groups in total. The van der Waals surface area contributed by atoms with E-state index in [0.29, 0.717) is 10.5 Å². The summed E-state index contributed by atoms with van der Waals surface area (Å²) in [6.07, 6.45) is 0. The predicted molar refractivity (Wildman–Crippen MR) is 186 cm³/mol. The maximum atomic E-state index is 2.26. The van der Waals surface area contributed by atoms with E-state index in [9.17, 15) is 0 Å². The summed E-state index contributed by atoms with van der Waals surface area (Å²) in [6, 6.07) is 43.7. The fourth-order valence-corrected chi connectivity index (χ4v) is 10.9. The standard InChI is InChI=1S/C34H38S5/c1-5-13-29(14-6-1)21-35-25-33(38-23-31-17-9-3-10-18-31)27-37-28-34(39-24-32-19-11-4-12-20-32)26-36-22-30-15-7-2-8-16-30/h1-20,33-34H,21-28H2. The summed E-state index contributed by atoms with van der Waals surface area (Å²) in [5.41, 5.74) is 5.71. The Kier molecular flexibility index (Phi) is 14.8. The molecular formula is C34H38S5. The molecule has 0 aliphatic heterocycles. The molecule has 0 heterocycles. The van der Waals surface area contributed by atoms with Gasteiger partial charge in [0, 0.05) is 56.5 Å². The Morgan fingerprint density at radius 2 is 0.615 bits per heavy atom. The summed E-state index contributed by atoms with van der Waals surface area (Å²) in [5.74, 6) is 9.21. The van der Waals surface area contributed by atoms with Crippen molar-refractivity contribution >= 4 is 58.8 Å². The first-order valence-corrected chi connectivity index (χ1v) is 19.0. The van der Waals surface area contributed by atoms with Gasteiger partial charge in [-0.15, -0.1) is 0 Å². The van der Waals surface area contributed by atoms with E-state index >= 15 is 0 Å². The van der Waals surface area contributed by atoms with Crippen molar-refractivity contribution in [2.75, 3.05) is 23.0 Å².